The van der Waals surface area contributed by atoms with Gasteiger partial charge in [-0.25, -0.2) is 0 Å². The molecular weight excluding hydrogens is 176 g/mol. The van der Waals surface area contributed by atoms with Crippen LogP contribution in [0, 0.1) is 0 Å². The van der Waals surface area contributed by atoms with Crippen LogP contribution in [0.25, 0.3) is 0 Å². The van der Waals surface area contributed by atoms with Crippen LogP contribution in [0.5, 0.6) is 5.75 Å². The Morgan fingerprint density at radius 1 is 1.50 bits per heavy atom. The molecule has 1 unspecified atom stereocenters. The smallest absolute Gasteiger partial charge is 0.146 e. The van der Waals surface area contributed by atoms with Crippen LogP contribution in [0.4, 0.5) is 5.69 Å². The molecule has 0 amide bonds. The maximum absolute atomic E-state index is 6.00. The molecule has 1 heterocycles. The van der Waals surface area contributed by atoms with E-state index in [1.54, 1.807) is 0 Å². The van der Waals surface area contributed by atoms with Crippen LogP contribution in [0.1, 0.15) is 30.5 Å². The molecule has 1 atom stereocenters. The summed E-state index contributed by atoms with van der Waals surface area (Å²) in [5, 5.41) is 0. The van der Waals surface area contributed by atoms with E-state index in [4.69, 9.17) is 16.2 Å². The molecular formula is C11H16N2O. The zero-order valence-electron chi connectivity index (χ0n) is 8.42. The van der Waals surface area contributed by atoms with Gasteiger partial charge in [0.05, 0.1) is 12.3 Å². The fraction of sp³-hybridized carbons (Fsp3) is 0.455. The maximum atomic E-state index is 6.00. The zero-order chi connectivity index (χ0) is 10.1. The van der Waals surface area contributed by atoms with Crippen LogP contribution in [0.3, 0.4) is 0 Å². The molecule has 1 aliphatic heterocycles. The highest BCUT2D eigenvalue weighted by Gasteiger charge is 2.20. The number of anilines is 1. The van der Waals surface area contributed by atoms with Crippen molar-refractivity contribution in [2.75, 3.05) is 12.3 Å². The Bertz CT molecular complexity index is 349. The van der Waals surface area contributed by atoms with Crippen molar-refractivity contribution in [1.29, 1.82) is 0 Å². The molecule has 1 aromatic rings. The lowest BCUT2D eigenvalue weighted by atomic mass is 9.97. The summed E-state index contributed by atoms with van der Waals surface area (Å²) in [6.45, 7) is 2.78. The molecule has 4 N–H and O–H groups in total. The highest BCUT2D eigenvalue weighted by Crippen LogP contribution is 2.36. The molecule has 0 saturated heterocycles. The van der Waals surface area contributed by atoms with E-state index in [1.807, 2.05) is 6.07 Å². The molecule has 76 valence electrons. The van der Waals surface area contributed by atoms with Gasteiger partial charge in [-0.1, -0.05) is 13.0 Å². The molecule has 0 bridgehead atoms. The number of nitrogens with two attached hydrogens (primary N) is 2. The first-order chi connectivity index (χ1) is 6.72. The molecule has 2 rings (SSSR count). The van der Waals surface area contributed by atoms with Gasteiger partial charge in [0.1, 0.15) is 5.75 Å². The molecule has 0 aliphatic carbocycles. The largest absolute Gasteiger partial charge is 0.491 e. The quantitative estimate of drug-likeness (QED) is 0.664. The van der Waals surface area contributed by atoms with Crippen molar-refractivity contribution in [3.8, 4) is 5.75 Å². The molecule has 3 heteroatoms. The van der Waals surface area contributed by atoms with E-state index in [9.17, 15) is 0 Å². The highest BCUT2D eigenvalue weighted by atomic mass is 16.5. The molecule has 3 nitrogen and oxygen atoms in total. The van der Waals surface area contributed by atoms with Crippen molar-refractivity contribution >= 4 is 5.69 Å². The Morgan fingerprint density at radius 3 is 3.00 bits per heavy atom. The third kappa shape index (κ3) is 1.44. The van der Waals surface area contributed by atoms with Gasteiger partial charge >= 0.3 is 0 Å². The Morgan fingerprint density at radius 2 is 2.29 bits per heavy atom. The van der Waals surface area contributed by atoms with Crippen LogP contribution in [0.2, 0.25) is 0 Å². The molecule has 0 fully saturated rings. The molecule has 0 spiro atoms. The van der Waals surface area contributed by atoms with E-state index in [2.05, 4.69) is 13.0 Å². The summed E-state index contributed by atoms with van der Waals surface area (Å²) < 4.78 is 5.52. The third-order valence-electron chi connectivity index (χ3n) is 2.69. The normalized spacial score (nSPS) is 20.0. The van der Waals surface area contributed by atoms with E-state index >= 15 is 0 Å². The summed E-state index contributed by atoms with van der Waals surface area (Å²) >= 11 is 0. The number of ether oxygens (including phenoxy) is 1. The summed E-state index contributed by atoms with van der Waals surface area (Å²) in [5.74, 6) is 0.793. The minimum Gasteiger partial charge on any atom is -0.491 e. The van der Waals surface area contributed by atoms with Crippen molar-refractivity contribution in [2.45, 2.75) is 25.8 Å². The van der Waals surface area contributed by atoms with Gasteiger partial charge in [-0.2, -0.15) is 0 Å². The molecule has 0 saturated carbocycles. The van der Waals surface area contributed by atoms with E-state index in [1.165, 1.54) is 5.56 Å². The SMILES string of the molecule is CCc1cc(N)c2c(c1)C(N)CCO2. The average molecular weight is 192 g/mol. The van der Waals surface area contributed by atoms with Crippen LogP contribution in [-0.2, 0) is 6.42 Å². The van der Waals surface area contributed by atoms with Gasteiger partial charge < -0.3 is 16.2 Å². The first-order valence-electron chi connectivity index (χ1n) is 5.03. The fourth-order valence-corrected chi connectivity index (χ4v) is 1.83. The van der Waals surface area contributed by atoms with Crippen molar-refractivity contribution in [1.82, 2.24) is 0 Å². The van der Waals surface area contributed by atoms with E-state index in [0.29, 0.717) is 6.61 Å². The predicted molar refractivity (Wildman–Crippen MR) is 57.3 cm³/mol. The standard InChI is InChI=1S/C11H16N2O/c1-2-7-5-8-9(12)3-4-14-11(8)10(13)6-7/h5-6,9H,2-4,12-13H2,1H3. The van der Waals surface area contributed by atoms with Crippen LogP contribution >= 0.6 is 0 Å². The number of benzene rings is 1. The Balaban J connectivity index is 2.51. The number of fused-ring (bicyclic) bond motifs is 1. The fourth-order valence-electron chi connectivity index (χ4n) is 1.83. The van der Waals surface area contributed by atoms with Gasteiger partial charge in [0.2, 0.25) is 0 Å². The number of rotatable bonds is 1. The third-order valence-corrected chi connectivity index (χ3v) is 2.69. The van der Waals surface area contributed by atoms with Crippen molar-refractivity contribution in [2.24, 2.45) is 5.73 Å². The Hall–Kier alpha value is -1.22. The van der Waals surface area contributed by atoms with Gasteiger partial charge in [-0.15, -0.1) is 0 Å². The van der Waals surface area contributed by atoms with Crippen molar-refractivity contribution in [3.63, 3.8) is 0 Å². The lowest BCUT2D eigenvalue weighted by Gasteiger charge is -2.24. The number of aryl methyl sites for hydroxylation is 1. The lowest BCUT2D eigenvalue weighted by Crippen LogP contribution is -2.21. The second kappa shape index (κ2) is 3.50. The summed E-state index contributed by atoms with van der Waals surface area (Å²) in [7, 11) is 0. The molecule has 0 radical (unpaired) electrons. The van der Waals surface area contributed by atoms with E-state index in [-0.39, 0.29) is 6.04 Å². The number of nitrogen functional groups attached to an aromatic ring is 1. The maximum Gasteiger partial charge on any atom is 0.146 e. The van der Waals surface area contributed by atoms with Gasteiger partial charge in [0, 0.05) is 18.0 Å². The van der Waals surface area contributed by atoms with E-state index in [0.717, 1.165) is 29.8 Å². The zero-order valence-corrected chi connectivity index (χ0v) is 8.42. The minimum atomic E-state index is 0.0764. The van der Waals surface area contributed by atoms with Gasteiger partial charge in [-0.05, 0) is 18.1 Å². The Labute approximate surface area is 84.0 Å². The molecule has 14 heavy (non-hydrogen) atoms. The first-order valence-corrected chi connectivity index (χ1v) is 5.03. The monoisotopic (exact) mass is 192 g/mol. The van der Waals surface area contributed by atoms with Crippen LogP contribution in [0.15, 0.2) is 12.1 Å². The van der Waals surface area contributed by atoms with Gasteiger partial charge in [0.25, 0.3) is 0 Å². The summed E-state index contributed by atoms with van der Waals surface area (Å²) in [5.41, 5.74) is 14.9. The molecule has 1 aliphatic rings. The highest BCUT2D eigenvalue weighted by molar-refractivity contribution is 5.60. The first kappa shape index (κ1) is 9.34. The van der Waals surface area contributed by atoms with Crippen LogP contribution < -0.4 is 16.2 Å². The van der Waals surface area contributed by atoms with E-state index < -0.39 is 0 Å². The van der Waals surface area contributed by atoms with Gasteiger partial charge in [0.15, 0.2) is 0 Å². The Kier molecular flexibility index (Phi) is 2.33. The lowest BCUT2D eigenvalue weighted by molar-refractivity contribution is 0.270. The van der Waals surface area contributed by atoms with Crippen molar-refractivity contribution < 1.29 is 4.74 Å². The van der Waals surface area contributed by atoms with Gasteiger partial charge in [-0.3, -0.25) is 0 Å². The minimum absolute atomic E-state index is 0.0764. The summed E-state index contributed by atoms with van der Waals surface area (Å²) in [6, 6.07) is 4.15. The topological polar surface area (TPSA) is 61.3 Å². The van der Waals surface area contributed by atoms with Crippen molar-refractivity contribution in [3.05, 3.63) is 23.3 Å². The molecule has 0 aromatic heterocycles. The predicted octanol–water partition coefficient (Wildman–Crippen LogP) is 1.61. The number of hydrogen-bond acceptors (Lipinski definition) is 3. The average Bonchev–Trinajstić information content (AvgIpc) is 2.19. The summed E-state index contributed by atoms with van der Waals surface area (Å²) in [6.07, 6.45) is 1.85. The molecule has 1 aromatic carbocycles. The number of hydrogen-bond donors (Lipinski definition) is 2. The van der Waals surface area contributed by atoms with Crippen LogP contribution in [-0.4, -0.2) is 6.61 Å². The second-order valence-corrected chi connectivity index (χ2v) is 3.70. The summed E-state index contributed by atoms with van der Waals surface area (Å²) in [4.78, 5) is 0. The second-order valence-electron chi connectivity index (χ2n) is 3.70.